The number of aromatic nitrogens is 1. The van der Waals surface area contributed by atoms with Crippen molar-refractivity contribution in [3.05, 3.63) is 78.2 Å². The van der Waals surface area contributed by atoms with Crippen molar-refractivity contribution in [2.24, 2.45) is 5.73 Å². The molecule has 28 heavy (non-hydrogen) atoms. The van der Waals surface area contributed by atoms with Crippen molar-refractivity contribution in [3.8, 4) is 11.1 Å². The second kappa shape index (κ2) is 7.78. The molecule has 144 valence electrons. The highest BCUT2D eigenvalue weighted by atomic mass is 19.1. The predicted octanol–water partition coefficient (Wildman–Crippen LogP) is 3.92. The highest BCUT2D eigenvalue weighted by Gasteiger charge is 2.20. The van der Waals surface area contributed by atoms with E-state index >= 15 is 0 Å². The second-order valence-electron chi connectivity index (χ2n) is 6.94. The number of nitrogens with one attached hydrogen (secondary N) is 1. The lowest BCUT2D eigenvalue weighted by atomic mass is 10.0. The zero-order valence-electron chi connectivity index (χ0n) is 15.3. The van der Waals surface area contributed by atoms with Gasteiger partial charge in [-0.1, -0.05) is 24.3 Å². The number of hydrogen-bond donors (Lipinski definition) is 2. The quantitative estimate of drug-likeness (QED) is 0.722. The number of amides is 1. The Balaban J connectivity index is 0.00000240. The number of benzene rings is 2. The summed E-state index contributed by atoms with van der Waals surface area (Å²) in [5.41, 5.74) is 8.94. The van der Waals surface area contributed by atoms with Gasteiger partial charge in [-0.25, -0.2) is 9.37 Å². The number of rotatable bonds is 4. The molecule has 6 heteroatoms. The van der Waals surface area contributed by atoms with Gasteiger partial charge in [0.15, 0.2) is 0 Å². The standard InChI is InChI=1S/C22H21FN4O.H2/c23-18-7-5-16(6-8-18)15-1-3-17(4-2-15)22(28)26-20-9-10-21(25-13-20)27-12-11-19(24)14-27;/h1-10,13,19H,11-12,14,24H2,(H,26,28);1H. The molecule has 1 atom stereocenters. The van der Waals surface area contributed by atoms with Crippen LogP contribution >= 0.6 is 0 Å². The Bertz CT molecular complexity index is 962. The van der Waals surface area contributed by atoms with Crippen LogP contribution in [0.1, 0.15) is 18.2 Å². The third-order valence-corrected chi connectivity index (χ3v) is 4.88. The maximum Gasteiger partial charge on any atom is 0.255 e. The summed E-state index contributed by atoms with van der Waals surface area (Å²) in [5.74, 6) is 0.393. The zero-order valence-corrected chi connectivity index (χ0v) is 15.3. The number of nitrogens with zero attached hydrogens (tertiary/aromatic N) is 2. The van der Waals surface area contributed by atoms with E-state index < -0.39 is 0 Å². The van der Waals surface area contributed by atoms with Crippen molar-refractivity contribution < 1.29 is 10.6 Å². The average Bonchev–Trinajstić information content (AvgIpc) is 3.15. The Morgan fingerprint density at radius 3 is 2.32 bits per heavy atom. The van der Waals surface area contributed by atoms with E-state index in [1.54, 1.807) is 30.5 Å². The first-order valence-corrected chi connectivity index (χ1v) is 9.22. The molecule has 0 spiro atoms. The summed E-state index contributed by atoms with van der Waals surface area (Å²) in [6, 6.07) is 17.4. The lowest BCUT2D eigenvalue weighted by Gasteiger charge is -2.17. The number of carbonyl (C=O) groups excluding carboxylic acids is 1. The van der Waals surface area contributed by atoms with Gasteiger partial charge in [0.05, 0.1) is 11.9 Å². The number of carbonyl (C=O) groups is 1. The van der Waals surface area contributed by atoms with Crippen molar-refractivity contribution in [1.29, 1.82) is 0 Å². The topological polar surface area (TPSA) is 71.2 Å². The van der Waals surface area contributed by atoms with Crippen LogP contribution in [0.25, 0.3) is 11.1 Å². The first-order valence-electron chi connectivity index (χ1n) is 9.22. The summed E-state index contributed by atoms with van der Waals surface area (Å²) >= 11 is 0. The predicted molar refractivity (Wildman–Crippen MR) is 111 cm³/mol. The van der Waals surface area contributed by atoms with Gasteiger partial charge in [-0.2, -0.15) is 0 Å². The van der Waals surface area contributed by atoms with Gasteiger partial charge in [0.2, 0.25) is 0 Å². The smallest absolute Gasteiger partial charge is 0.255 e. The fourth-order valence-electron chi connectivity index (χ4n) is 3.30. The van der Waals surface area contributed by atoms with Crippen molar-refractivity contribution in [2.45, 2.75) is 12.5 Å². The number of anilines is 2. The molecule has 1 unspecified atom stereocenters. The summed E-state index contributed by atoms with van der Waals surface area (Å²) in [5, 5.41) is 2.86. The Morgan fingerprint density at radius 1 is 1.07 bits per heavy atom. The van der Waals surface area contributed by atoms with Crippen LogP contribution in [0.5, 0.6) is 0 Å². The van der Waals surface area contributed by atoms with E-state index in [0.717, 1.165) is 36.5 Å². The van der Waals surface area contributed by atoms with Gasteiger partial charge in [0.1, 0.15) is 11.6 Å². The van der Waals surface area contributed by atoms with Gasteiger partial charge < -0.3 is 16.0 Å². The molecule has 4 rings (SSSR count). The van der Waals surface area contributed by atoms with E-state index in [2.05, 4.69) is 15.2 Å². The number of hydrogen-bond acceptors (Lipinski definition) is 4. The maximum atomic E-state index is 13.0. The minimum atomic E-state index is -0.271. The minimum Gasteiger partial charge on any atom is -0.355 e. The minimum absolute atomic E-state index is 0. The van der Waals surface area contributed by atoms with E-state index in [-0.39, 0.29) is 19.2 Å². The molecular weight excluding hydrogens is 355 g/mol. The third-order valence-electron chi connectivity index (χ3n) is 4.88. The number of nitrogens with two attached hydrogens (primary N) is 1. The number of halogens is 1. The molecule has 3 N–H and O–H groups in total. The monoisotopic (exact) mass is 378 g/mol. The van der Waals surface area contributed by atoms with E-state index in [4.69, 9.17) is 5.73 Å². The first kappa shape index (κ1) is 18.1. The normalized spacial score (nSPS) is 16.2. The summed E-state index contributed by atoms with van der Waals surface area (Å²) in [6.07, 6.45) is 2.62. The second-order valence-corrected chi connectivity index (χ2v) is 6.94. The Kier molecular flexibility index (Phi) is 5.04. The van der Waals surface area contributed by atoms with Crippen LogP contribution in [0.2, 0.25) is 0 Å². The lowest BCUT2D eigenvalue weighted by molar-refractivity contribution is 0.102. The Hall–Kier alpha value is -3.25. The van der Waals surface area contributed by atoms with Crippen LogP contribution in [0.3, 0.4) is 0 Å². The molecule has 1 aliphatic rings. The van der Waals surface area contributed by atoms with Gasteiger partial charge in [-0.05, 0) is 53.9 Å². The summed E-state index contributed by atoms with van der Waals surface area (Å²) in [6.45, 7) is 1.71. The largest absolute Gasteiger partial charge is 0.355 e. The molecule has 0 aliphatic carbocycles. The van der Waals surface area contributed by atoms with Crippen molar-refractivity contribution in [2.75, 3.05) is 23.3 Å². The molecule has 0 bridgehead atoms. The van der Waals surface area contributed by atoms with Gasteiger partial charge in [0.25, 0.3) is 5.91 Å². The van der Waals surface area contributed by atoms with Gasteiger partial charge in [0, 0.05) is 26.1 Å². The third kappa shape index (κ3) is 4.02. The van der Waals surface area contributed by atoms with Crippen LogP contribution in [0.15, 0.2) is 66.9 Å². The van der Waals surface area contributed by atoms with Gasteiger partial charge in [-0.15, -0.1) is 0 Å². The van der Waals surface area contributed by atoms with E-state index in [9.17, 15) is 9.18 Å². The molecule has 1 aromatic heterocycles. The van der Waals surface area contributed by atoms with Crippen molar-refractivity contribution in [3.63, 3.8) is 0 Å². The molecule has 5 nitrogen and oxygen atoms in total. The van der Waals surface area contributed by atoms with Gasteiger partial charge >= 0.3 is 0 Å². The summed E-state index contributed by atoms with van der Waals surface area (Å²) in [7, 11) is 0. The molecule has 0 radical (unpaired) electrons. The van der Waals surface area contributed by atoms with Crippen molar-refractivity contribution in [1.82, 2.24) is 4.98 Å². The molecular formula is C22H23FN4O. The Labute approximate surface area is 164 Å². The fraction of sp³-hybridized carbons (Fsp3) is 0.182. The van der Waals surface area contributed by atoms with Crippen LogP contribution in [-0.4, -0.2) is 30.0 Å². The molecule has 1 saturated heterocycles. The van der Waals surface area contributed by atoms with E-state index in [0.29, 0.717) is 11.3 Å². The van der Waals surface area contributed by atoms with Crippen LogP contribution in [0, 0.1) is 5.82 Å². The average molecular weight is 378 g/mol. The molecule has 2 heterocycles. The first-order chi connectivity index (χ1) is 13.6. The van der Waals surface area contributed by atoms with Crippen molar-refractivity contribution >= 4 is 17.4 Å². The highest BCUT2D eigenvalue weighted by molar-refractivity contribution is 6.04. The molecule has 1 aliphatic heterocycles. The molecule has 1 fully saturated rings. The summed E-state index contributed by atoms with van der Waals surface area (Å²) < 4.78 is 13.0. The van der Waals surface area contributed by atoms with Gasteiger partial charge in [-0.3, -0.25) is 4.79 Å². The molecule has 3 aromatic rings. The molecule has 0 saturated carbocycles. The highest BCUT2D eigenvalue weighted by Crippen LogP contribution is 2.22. The Morgan fingerprint density at radius 2 is 1.75 bits per heavy atom. The SMILES string of the molecule is NC1CCN(c2ccc(NC(=O)c3ccc(-c4ccc(F)cc4)cc3)cn2)C1.[HH]. The van der Waals surface area contributed by atoms with E-state index in [1.165, 1.54) is 12.1 Å². The maximum absolute atomic E-state index is 13.0. The molecule has 2 aromatic carbocycles. The zero-order chi connectivity index (χ0) is 19.5. The number of pyridine rings is 1. The fourth-order valence-corrected chi connectivity index (χ4v) is 3.30. The summed E-state index contributed by atoms with van der Waals surface area (Å²) in [4.78, 5) is 19.0. The lowest BCUT2D eigenvalue weighted by Crippen LogP contribution is -2.26. The van der Waals surface area contributed by atoms with Crippen LogP contribution in [-0.2, 0) is 0 Å². The van der Waals surface area contributed by atoms with E-state index in [1.807, 2.05) is 24.3 Å². The molecule has 1 amide bonds. The van der Waals surface area contributed by atoms with Crippen LogP contribution < -0.4 is 16.0 Å². The van der Waals surface area contributed by atoms with Crippen LogP contribution in [0.4, 0.5) is 15.9 Å².